The number of nitrogens with zero attached hydrogens (tertiary/aromatic N) is 1. The fourth-order valence-electron chi connectivity index (χ4n) is 3.59. The summed E-state index contributed by atoms with van der Waals surface area (Å²) in [4.78, 5) is 26.2. The maximum absolute atomic E-state index is 12.5. The summed E-state index contributed by atoms with van der Waals surface area (Å²) in [5.74, 6) is 2.70. The Morgan fingerprint density at radius 2 is 2.00 bits per heavy atom. The lowest BCUT2D eigenvalue weighted by molar-refractivity contribution is -0.141. The van der Waals surface area contributed by atoms with Gasteiger partial charge < -0.3 is 0 Å². The molecule has 0 bridgehead atoms. The Morgan fingerprint density at radius 3 is 2.67 bits per heavy atom. The number of likely N-dealkylation sites (tertiary alicyclic amines) is 1. The maximum atomic E-state index is 12.5. The molecule has 1 spiro atoms. The van der Waals surface area contributed by atoms with E-state index in [1.165, 1.54) is 32.1 Å². The molecule has 0 unspecified atom stereocenters. The fraction of sp³-hybridized carbons (Fsp3) is 0.857. The number of imide groups is 1. The molecule has 3 nitrogen and oxygen atoms in total. The van der Waals surface area contributed by atoms with E-state index < -0.39 is 0 Å². The summed E-state index contributed by atoms with van der Waals surface area (Å²) in [5, 5.41) is 0. The zero-order chi connectivity index (χ0) is 12.6. The molecule has 4 heteroatoms. The largest absolute Gasteiger partial charge is 0.282 e. The molecule has 18 heavy (non-hydrogen) atoms. The van der Waals surface area contributed by atoms with Crippen LogP contribution >= 0.6 is 11.8 Å². The highest BCUT2D eigenvalue weighted by atomic mass is 32.2. The molecule has 3 aliphatic rings. The van der Waals surface area contributed by atoms with Crippen molar-refractivity contribution in [3.05, 3.63) is 0 Å². The van der Waals surface area contributed by atoms with E-state index in [4.69, 9.17) is 0 Å². The van der Waals surface area contributed by atoms with Gasteiger partial charge in [-0.2, -0.15) is 11.8 Å². The van der Waals surface area contributed by atoms with Gasteiger partial charge in [0.2, 0.25) is 11.8 Å². The summed E-state index contributed by atoms with van der Waals surface area (Å²) >= 11 is 1.82. The van der Waals surface area contributed by atoms with Crippen LogP contribution < -0.4 is 0 Å². The molecule has 1 aliphatic carbocycles. The van der Waals surface area contributed by atoms with Crippen LogP contribution in [0.4, 0.5) is 0 Å². The second kappa shape index (κ2) is 4.87. The SMILES string of the molecule is O=C1C[C@]2(CCSC2)C(=O)N1CC1CCCCC1. The third kappa shape index (κ3) is 2.09. The fourth-order valence-corrected chi connectivity index (χ4v) is 5.03. The summed E-state index contributed by atoms with van der Waals surface area (Å²) in [6, 6.07) is 0. The Hall–Kier alpha value is -0.510. The summed E-state index contributed by atoms with van der Waals surface area (Å²) in [6.45, 7) is 0.698. The Balaban J connectivity index is 1.68. The Morgan fingerprint density at radius 1 is 1.22 bits per heavy atom. The van der Waals surface area contributed by atoms with Crippen LogP contribution in [0.1, 0.15) is 44.9 Å². The van der Waals surface area contributed by atoms with Crippen molar-refractivity contribution in [2.24, 2.45) is 11.3 Å². The molecule has 3 rings (SSSR count). The molecular formula is C14H21NO2S. The van der Waals surface area contributed by atoms with Gasteiger partial charge in [-0.1, -0.05) is 19.3 Å². The Bertz CT molecular complexity index is 357. The zero-order valence-corrected chi connectivity index (χ0v) is 11.6. The van der Waals surface area contributed by atoms with E-state index in [0.717, 1.165) is 17.9 Å². The summed E-state index contributed by atoms with van der Waals surface area (Å²) in [7, 11) is 0. The molecule has 2 amide bonds. The standard InChI is InChI=1S/C14H21NO2S/c16-12-8-14(6-7-18-10-14)13(17)15(12)9-11-4-2-1-3-5-11/h11H,1-10H2/t14-/m0/s1. The van der Waals surface area contributed by atoms with Crippen LogP contribution in [0.15, 0.2) is 0 Å². The van der Waals surface area contributed by atoms with Crippen molar-refractivity contribution in [1.29, 1.82) is 0 Å². The van der Waals surface area contributed by atoms with Gasteiger partial charge in [0.15, 0.2) is 0 Å². The maximum Gasteiger partial charge on any atom is 0.236 e. The Kier molecular flexibility index (Phi) is 3.39. The highest BCUT2D eigenvalue weighted by molar-refractivity contribution is 7.99. The summed E-state index contributed by atoms with van der Waals surface area (Å²) in [5.41, 5.74) is -0.309. The first-order valence-corrected chi connectivity index (χ1v) is 8.29. The molecule has 2 heterocycles. The van der Waals surface area contributed by atoms with Gasteiger partial charge in [-0.25, -0.2) is 0 Å². The van der Waals surface area contributed by atoms with Crippen molar-refractivity contribution in [2.75, 3.05) is 18.1 Å². The molecule has 1 atom stereocenters. The quantitative estimate of drug-likeness (QED) is 0.721. The van der Waals surface area contributed by atoms with Gasteiger partial charge in [0.05, 0.1) is 5.41 Å². The van der Waals surface area contributed by atoms with Crippen LogP contribution in [0.5, 0.6) is 0 Å². The molecular weight excluding hydrogens is 246 g/mol. The lowest BCUT2D eigenvalue weighted by Gasteiger charge is -2.27. The molecule has 0 N–H and O–H groups in total. The Labute approximate surface area is 113 Å². The molecule has 2 aliphatic heterocycles. The minimum Gasteiger partial charge on any atom is -0.282 e. The predicted molar refractivity (Wildman–Crippen MR) is 72.3 cm³/mol. The van der Waals surface area contributed by atoms with Crippen LogP contribution in [-0.4, -0.2) is 34.8 Å². The topological polar surface area (TPSA) is 37.4 Å². The molecule has 2 saturated heterocycles. The molecule has 1 saturated carbocycles. The first-order chi connectivity index (χ1) is 8.71. The van der Waals surface area contributed by atoms with Crippen molar-refractivity contribution in [2.45, 2.75) is 44.9 Å². The molecule has 0 aromatic heterocycles. The number of carbonyl (C=O) groups excluding carboxylic acids is 2. The van der Waals surface area contributed by atoms with Crippen molar-refractivity contribution < 1.29 is 9.59 Å². The van der Waals surface area contributed by atoms with Gasteiger partial charge in [0.25, 0.3) is 0 Å². The normalized spacial score (nSPS) is 33.9. The number of rotatable bonds is 2. The lowest BCUT2D eigenvalue weighted by Crippen LogP contribution is -2.39. The van der Waals surface area contributed by atoms with Crippen molar-refractivity contribution in [3.63, 3.8) is 0 Å². The number of thioether (sulfide) groups is 1. The van der Waals surface area contributed by atoms with E-state index in [0.29, 0.717) is 18.9 Å². The third-order valence-electron chi connectivity index (χ3n) is 4.76. The van der Waals surface area contributed by atoms with Crippen LogP contribution in [0.3, 0.4) is 0 Å². The summed E-state index contributed by atoms with van der Waals surface area (Å²) in [6.07, 6.45) is 7.62. The van der Waals surface area contributed by atoms with Gasteiger partial charge in [-0.15, -0.1) is 0 Å². The first-order valence-electron chi connectivity index (χ1n) is 7.14. The minimum absolute atomic E-state index is 0.0908. The highest BCUT2D eigenvalue weighted by Crippen LogP contribution is 2.45. The highest BCUT2D eigenvalue weighted by Gasteiger charge is 2.53. The van der Waals surface area contributed by atoms with E-state index in [9.17, 15) is 9.59 Å². The van der Waals surface area contributed by atoms with Gasteiger partial charge >= 0.3 is 0 Å². The average molecular weight is 267 g/mol. The molecule has 100 valence electrons. The van der Waals surface area contributed by atoms with Crippen LogP contribution in [0, 0.1) is 11.3 Å². The second-order valence-electron chi connectivity index (χ2n) is 6.07. The lowest BCUT2D eigenvalue weighted by atomic mass is 9.85. The van der Waals surface area contributed by atoms with Crippen LogP contribution in [-0.2, 0) is 9.59 Å². The van der Waals surface area contributed by atoms with E-state index in [2.05, 4.69) is 0 Å². The second-order valence-corrected chi connectivity index (χ2v) is 7.18. The van der Waals surface area contributed by atoms with E-state index in [-0.39, 0.29) is 17.2 Å². The van der Waals surface area contributed by atoms with Crippen molar-refractivity contribution >= 4 is 23.6 Å². The molecule has 0 aromatic carbocycles. The van der Waals surface area contributed by atoms with E-state index >= 15 is 0 Å². The number of hydrogen-bond acceptors (Lipinski definition) is 3. The number of carbonyl (C=O) groups is 2. The predicted octanol–water partition coefficient (Wildman–Crippen LogP) is 2.45. The smallest absolute Gasteiger partial charge is 0.236 e. The van der Waals surface area contributed by atoms with Crippen LogP contribution in [0.25, 0.3) is 0 Å². The van der Waals surface area contributed by atoms with Crippen LogP contribution in [0.2, 0.25) is 0 Å². The van der Waals surface area contributed by atoms with Gasteiger partial charge in [-0.3, -0.25) is 14.5 Å². The molecule has 0 radical (unpaired) electrons. The van der Waals surface area contributed by atoms with E-state index in [1.54, 1.807) is 4.90 Å². The average Bonchev–Trinajstić information content (AvgIpc) is 2.93. The molecule has 0 aromatic rings. The van der Waals surface area contributed by atoms with Crippen molar-refractivity contribution in [3.8, 4) is 0 Å². The summed E-state index contributed by atoms with van der Waals surface area (Å²) < 4.78 is 0. The van der Waals surface area contributed by atoms with Gasteiger partial charge in [0, 0.05) is 18.7 Å². The van der Waals surface area contributed by atoms with Crippen molar-refractivity contribution in [1.82, 2.24) is 4.90 Å². The number of hydrogen-bond donors (Lipinski definition) is 0. The number of amides is 2. The first kappa shape index (κ1) is 12.5. The van der Waals surface area contributed by atoms with E-state index in [1.807, 2.05) is 11.8 Å². The zero-order valence-electron chi connectivity index (χ0n) is 10.8. The molecule has 3 fully saturated rings. The van der Waals surface area contributed by atoms with Gasteiger partial charge in [0.1, 0.15) is 0 Å². The van der Waals surface area contributed by atoms with Gasteiger partial charge in [-0.05, 0) is 30.9 Å². The third-order valence-corrected chi connectivity index (χ3v) is 6.01. The monoisotopic (exact) mass is 267 g/mol. The minimum atomic E-state index is -0.309.